The molecule has 38 heavy (non-hydrogen) atoms. The highest BCUT2D eigenvalue weighted by Crippen LogP contribution is 2.36. The quantitative estimate of drug-likeness (QED) is 0.315. The lowest BCUT2D eigenvalue weighted by molar-refractivity contribution is -0.277. The minimum atomic E-state index is -1.56. The number of aliphatic hydroxyl groups excluding tert-OH is 4. The van der Waals surface area contributed by atoms with Crippen molar-refractivity contribution in [2.45, 2.75) is 43.5 Å². The number of benzene rings is 2. The smallest absolute Gasteiger partial charge is 0.309 e. The van der Waals surface area contributed by atoms with Crippen LogP contribution in [0.15, 0.2) is 36.4 Å². The lowest BCUT2D eigenvalue weighted by Gasteiger charge is -2.39. The summed E-state index contributed by atoms with van der Waals surface area (Å²) in [5, 5.41) is 39.7. The van der Waals surface area contributed by atoms with Crippen LogP contribution >= 0.6 is 0 Å². The summed E-state index contributed by atoms with van der Waals surface area (Å²) in [5.41, 5.74) is 1.81. The van der Waals surface area contributed by atoms with Crippen LogP contribution in [0.1, 0.15) is 11.1 Å². The molecule has 2 fully saturated rings. The van der Waals surface area contributed by atoms with Gasteiger partial charge in [0, 0.05) is 5.92 Å². The van der Waals surface area contributed by atoms with Gasteiger partial charge in [-0.15, -0.1) is 0 Å². The van der Waals surface area contributed by atoms with Gasteiger partial charge in [0.05, 0.1) is 40.5 Å². The molecule has 208 valence electrons. The van der Waals surface area contributed by atoms with Gasteiger partial charge in [-0.2, -0.15) is 0 Å². The number of carbonyl (C=O) groups is 1. The summed E-state index contributed by atoms with van der Waals surface area (Å²) in [4.78, 5) is 12.6. The van der Waals surface area contributed by atoms with E-state index >= 15 is 0 Å². The first-order chi connectivity index (χ1) is 18.3. The van der Waals surface area contributed by atoms with E-state index in [1.54, 1.807) is 32.4 Å². The van der Waals surface area contributed by atoms with Gasteiger partial charge in [0.2, 0.25) is 6.29 Å². The van der Waals surface area contributed by atoms with E-state index in [1.807, 2.05) is 18.2 Å². The number of esters is 1. The zero-order chi connectivity index (χ0) is 27.4. The first kappa shape index (κ1) is 27.9. The topological polar surface area (TPSA) is 153 Å². The Morgan fingerprint density at radius 2 is 1.42 bits per heavy atom. The van der Waals surface area contributed by atoms with E-state index in [2.05, 4.69) is 0 Å². The van der Waals surface area contributed by atoms with Crippen molar-refractivity contribution in [3.63, 3.8) is 0 Å². The first-order valence-corrected chi connectivity index (χ1v) is 12.3. The molecule has 2 heterocycles. The molecule has 2 aromatic rings. The highest BCUT2D eigenvalue weighted by molar-refractivity contribution is 5.75. The van der Waals surface area contributed by atoms with Crippen molar-refractivity contribution in [3.8, 4) is 23.0 Å². The van der Waals surface area contributed by atoms with Crippen LogP contribution in [0.4, 0.5) is 0 Å². The maximum Gasteiger partial charge on any atom is 0.309 e. The number of hydrogen-bond acceptors (Lipinski definition) is 11. The molecule has 0 amide bonds. The Labute approximate surface area is 220 Å². The van der Waals surface area contributed by atoms with E-state index in [0.29, 0.717) is 36.7 Å². The predicted octanol–water partition coefficient (Wildman–Crippen LogP) is 0.466. The van der Waals surface area contributed by atoms with Crippen molar-refractivity contribution >= 4 is 5.97 Å². The summed E-state index contributed by atoms with van der Waals surface area (Å²) in [7, 11) is 4.60. The van der Waals surface area contributed by atoms with Gasteiger partial charge in [0.1, 0.15) is 24.4 Å². The van der Waals surface area contributed by atoms with Crippen LogP contribution in [-0.4, -0.2) is 91.6 Å². The predicted molar refractivity (Wildman–Crippen MR) is 132 cm³/mol. The molecule has 0 spiro atoms. The third-order valence-electron chi connectivity index (χ3n) is 7.03. The second-order valence-electron chi connectivity index (χ2n) is 9.39. The number of rotatable bonds is 10. The van der Waals surface area contributed by atoms with Gasteiger partial charge >= 0.3 is 5.97 Å². The fourth-order valence-corrected chi connectivity index (χ4v) is 4.85. The SMILES string of the molecule is COc1ccc(C[C@@H]2COC(=O)[C@@H]2Cc2ccc(O[C@H]3O[C@H](CO)[C@@H](O)[C@H](O)[C@H]3O)c(OC)c2)cc1OC. The molecule has 2 aromatic carbocycles. The second kappa shape index (κ2) is 12.2. The van der Waals surface area contributed by atoms with Crippen LogP contribution in [0.25, 0.3) is 0 Å². The minimum Gasteiger partial charge on any atom is -0.493 e. The minimum absolute atomic E-state index is 0.0448. The molecule has 0 aliphatic carbocycles. The number of carbonyl (C=O) groups excluding carboxylic acids is 1. The second-order valence-corrected chi connectivity index (χ2v) is 9.39. The van der Waals surface area contributed by atoms with Crippen molar-refractivity contribution in [2.24, 2.45) is 11.8 Å². The monoisotopic (exact) mass is 534 g/mol. The summed E-state index contributed by atoms with van der Waals surface area (Å²) >= 11 is 0. The maximum atomic E-state index is 12.6. The molecule has 11 heteroatoms. The Hall–Kier alpha value is -3.09. The molecule has 2 saturated heterocycles. The molecule has 11 nitrogen and oxygen atoms in total. The zero-order valence-corrected chi connectivity index (χ0v) is 21.5. The van der Waals surface area contributed by atoms with Crippen molar-refractivity contribution in [3.05, 3.63) is 47.5 Å². The molecular formula is C27H34O11. The van der Waals surface area contributed by atoms with E-state index in [-0.39, 0.29) is 23.6 Å². The molecule has 0 saturated carbocycles. The van der Waals surface area contributed by atoms with Gasteiger partial charge < -0.3 is 48.8 Å². The standard InChI is InChI=1S/C27H34O11/c1-33-18-6-4-14(10-20(18)34-2)8-16-13-36-26(32)17(16)9-15-5-7-19(21(11-15)35-3)37-27-25(31)24(30)23(29)22(12-28)38-27/h4-7,10-11,16-17,22-25,27-31H,8-9,12-13H2,1-3H3/t16-,17-,22-,23-,24+,25-,27+/m1/s1. The molecular weight excluding hydrogens is 500 g/mol. The van der Waals surface area contributed by atoms with Crippen molar-refractivity contribution in [2.75, 3.05) is 34.5 Å². The molecule has 7 atom stereocenters. The lowest BCUT2D eigenvalue weighted by atomic mass is 9.85. The summed E-state index contributed by atoms with van der Waals surface area (Å²) in [6.07, 6.45) is -6.02. The largest absolute Gasteiger partial charge is 0.493 e. The number of methoxy groups -OCH3 is 3. The molecule has 0 radical (unpaired) electrons. The lowest BCUT2D eigenvalue weighted by Crippen LogP contribution is -2.60. The summed E-state index contributed by atoms with van der Waals surface area (Å²) in [5.74, 6) is 1.10. The Morgan fingerprint density at radius 1 is 0.816 bits per heavy atom. The van der Waals surface area contributed by atoms with Gasteiger partial charge in [-0.3, -0.25) is 4.79 Å². The molecule has 2 aliphatic heterocycles. The first-order valence-electron chi connectivity index (χ1n) is 12.3. The van der Waals surface area contributed by atoms with Crippen LogP contribution in [0, 0.1) is 11.8 Å². The highest BCUT2D eigenvalue weighted by Gasteiger charge is 2.45. The van der Waals surface area contributed by atoms with Crippen molar-refractivity contribution in [1.29, 1.82) is 0 Å². The normalized spacial score (nSPS) is 29.0. The fraction of sp³-hybridized carbons (Fsp3) is 0.519. The van der Waals surface area contributed by atoms with Crippen molar-refractivity contribution < 1.29 is 53.6 Å². The molecule has 2 aliphatic rings. The van der Waals surface area contributed by atoms with E-state index in [1.165, 1.54) is 7.11 Å². The Bertz CT molecular complexity index is 1100. The van der Waals surface area contributed by atoms with Crippen molar-refractivity contribution in [1.82, 2.24) is 0 Å². The van der Waals surface area contributed by atoms with Gasteiger partial charge in [-0.25, -0.2) is 0 Å². The number of ether oxygens (including phenoxy) is 6. The van der Waals surface area contributed by atoms with Crippen LogP contribution < -0.4 is 18.9 Å². The van der Waals surface area contributed by atoms with E-state index in [9.17, 15) is 25.2 Å². The van der Waals surface area contributed by atoms with Gasteiger partial charge in [-0.1, -0.05) is 12.1 Å². The van der Waals surface area contributed by atoms with Crippen LogP contribution in [0.2, 0.25) is 0 Å². The molecule has 4 N–H and O–H groups in total. The van der Waals surface area contributed by atoms with Crippen LogP contribution in [-0.2, 0) is 27.1 Å². The number of aliphatic hydroxyl groups is 4. The van der Waals surface area contributed by atoms with E-state index in [4.69, 9.17) is 28.4 Å². The molecule has 0 aromatic heterocycles. The summed E-state index contributed by atoms with van der Waals surface area (Å²) in [6.45, 7) is -0.254. The van der Waals surface area contributed by atoms with E-state index < -0.39 is 37.3 Å². The summed E-state index contributed by atoms with van der Waals surface area (Å²) < 4.78 is 32.7. The third kappa shape index (κ3) is 5.82. The third-order valence-corrected chi connectivity index (χ3v) is 7.03. The Morgan fingerprint density at radius 3 is 2.05 bits per heavy atom. The zero-order valence-electron chi connectivity index (χ0n) is 21.5. The Balaban J connectivity index is 1.47. The van der Waals surface area contributed by atoms with Gasteiger partial charge in [0.25, 0.3) is 0 Å². The van der Waals surface area contributed by atoms with Gasteiger partial charge in [0.15, 0.2) is 23.0 Å². The average Bonchev–Trinajstić information content (AvgIpc) is 3.27. The maximum absolute atomic E-state index is 12.6. The fourth-order valence-electron chi connectivity index (χ4n) is 4.85. The van der Waals surface area contributed by atoms with Crippen LogP contribution in [0.5, 0.6) is 23.0 Å². The number of cyclic esters (lactones) is 1. The molecule has 4 rings (SSSR count). The van der Waals surface area contributed by atoms with Gasteiger partial charge in [-0.05, 0) is 48.2 Å². The van der Waals surface area contributed by atoms with E-state index in [0.717, 1.165) is 11.1 Å². The number of hydrogen-bond donors (Lipinski definition) is 4. The molecule has 0 unspecified atom stereocenters. The average molecular weight is 535 g/mol. The Kier molecular flexibility index (Phi) is 8.95. The van der Waals surface area contributed by atoms with Crippen LogP contribution in [0.3, 0.4) is 0 Å². The molecule has 0 bridgehead atoms. The highest BCUT2D eigenvalue weighted by atomic mass is 16.7. The summed E-state index contributed by atoms with van der Waals surface area (Å²) in [6, 6.07) is 10.8.